The zero-order valence-corrected chi connectivity index (χ0v) is 20.4. The number of halogens is 1. The maximum atomic E-state index is 4.52. The van der Waals surface area contributed by atoms with Gasteiger partial charge in [0, 0.05) is 55.8 Å². The predicted molar refractivity (Wildman–Crippen MR) is 134 cm³/mol. The number of guanidine groups is 1. The fourth-order valence-corrected chi connectivity index (χ4v) is 3.91. The summed E-state index contributed by atoms with van der Waals surface area (Å²) in [6.45, 7) is 6.96. The van der Waals surface area contributed by atoms with E-state index in [0.29, 0.717) is 0 Å². The van der Waals surface area contributed by atoms with Crippen molar-refractivity contribution in [2.75, 3.05) is 20.1 Å². The molecule has 3 rings (SSSR count). The fraction of sp³-hybridized carbons (Fsp3) is 0.364. The summed E-state index contributed by atoms with van der Waals surface area (Å²) in [6.07, 6.45) is 4.75. The Labute approximate surface area is 194 Å². The van der Waals surface area contributed by atoms with E-state index in [-0.39, 0.29) is 29.4 Å². The maximum absolute atomic E-state index is 4.52. The van der Waals surface area contributed by atoms with Gasteiger partial charge in [-0.05, 0) is 17.0 Å². The van der Waals surface area contributed by atoms with Crippen LogP contribution in [0.2, 0.25) is 0 Å². The quantitative estimate of drug-likeness (QED) is 0.263. The number of benzene rings is 1. The monoisotopic (exact) mass is 523 g/mol. The minimum atomic E-state index is 0. The van der Waals surface area contributed by atoms with Gasteiger partial charge in [0.2, 0.25) is 0 Å². The molecule has 0 atom stereocenters. The maximum Gasteiger partial charge on any atom is 0.191 e. The minimum absolute atomic E-state index is 0. The normalized spacial score (nSPS) is 11.8. The molecule has 0 fully saturated rings. The van der Waals surface area contributed by atoms with Gasteiger partial charge in [0.1, 0.15) is 5.82 Å². The Bertz CT molecular complexity index is 872. The molecule has 1 aromatic carbocycles. The van der Waals surface area contributed by atoms with E-state index in [1.807, 2.05) is 25.5 Å². The molecule has 2 aromatic heterocycles. The van der Waals surface area contributed by atoms with Crippen LogP contribution in [0, 0.1) is 0 Å². The zero-order chi connectivity index (χ0) is 19.8. The van der Waals surface area contributed by atoms with Gasteiger partial charge in [-0.15, -0.1) is 35.3 Å². The Kier molecular flexibility index (Phi) is 9.16. The number of hydrogen-bond donors (Lipinski definition) is 2. The summed E-state index contributed by atoms with van der Waals surface area (Å²) in [5, 5.41) is 8.98. The van der Waals surface area contributed by atoms with Gasteiger partial charge in [-0.3, -0.25) is 4.99 Å². The molecule has 0 amide bonds. The molecule has 7 heteroatoms. The molecule has 3 aromatic rings. The predicted octanol–water partition coefficient (Wildman–Crippen LogP) is 4.30. The third-order valence-electron chi connectivity index (χ3n) is 4.75. The second kappa shape index (κ2) is 11.3. The van der Waals surface area contributed by atoms with E-state index in [0.717, 1.165) is 37.8 Å². The number of imidazole rings is 1. The van der Waals surface area contributed by atoms with Crippen molar-refractivity contribution in [3.05, 3.63) is 76.5 Å². The van der Waals surface area contributed by atoms with Crippen LogP contribution < -0.4 is 10.6 Å². The van der Waals surface area contributed by atoms with Crippen molar-refractivity contribution >= 4 is 41.3 Å². The number of aromatic nitrogens is 2. The van der Waals surface area contributed by atoms with E-state index in [9.17, 15) is 0 Å². The molecular weight excluding hydrogens is 493 g/mol. The third-order valence-corrected chi connectivity index (χ3v) is 5.98. The summed E-state index contributed by atoms with van der Waals surface area (Å²) in [7, 11) is 1.81. The van der Waals surface area contributed by atoms with Crippen LogP contribution in [0.4, 0.5) is 0 Å². The largest absolute Gasteiger partial charge is 0.356 e. The van der Waals surface area contributed by atoms with Crippen molar-refractivity contribution in [1.29, 1.82) is 0 Å². The fourth-order valence-electron chi connectivity index (χ4n) is 3.06. The average Bonchev–Trinajstić information content (AvgIpc) is 3.38. The van der Waals surface area contributed by atoms with E-state index in [1.54, 1.807) is 11.3 Å². The highest BCUT2D eigenvalue weighted by Crippen LogP contribution is 2.26. The molecule has 2 heterocycles. The zero-order valence-electron chi connectivity index (χ0n) is 17.3. The first-order chi connectivity index (χ1) is 13.6. The van der Waals surface area contributed by atoms with Crippen LogP contribution in [0.1, 0.15) is 30.1 Å². The van der Waals surface area contributed by atoms with Crippen LogP contribution in [0.25, 0.3) is 0 Å². The standard InChI is InChI=1S/C22H29N5S.HI/c1-22(2,19-10-7-15-28-19)17-26-21(23-3)25-12-11-20-24-13-14-27(20)16-18-8-5-4-6-9-18;/h4-10,13-15H,11-12,16-17H2,1-3H3,(H2,23,25,26);1H. The molecule has 29 heavy (non-hydrogen) atoms. The molecule has 0 aliphatic carbocycles. The lowest BCUT2D eigenvalue weighted by atomic mass is 9.91. The molecule has 5 nitrogen and oxygen atoms in total. The summed E-state index contributed by atoms with van der Waals surface area (Å²) in [5.41, 5.74) is 1.35. The van der Waals surface area contributed by atoms with E-state index in [1.165, 1.54) is 10.4 Å². The van der Waals surface area contributed by atoms with Gasteiger partial charge in [-0.2, -0.15) is 0 Å². The lowest BCUT2D eigenvalue weighted by Crippen LogP contribution is -2.43. The highest BCUT2D eigenvalue weighted by atomic mass is 127. The van der Waals surface area contributed by atoms with Gasteiger partial charge in [0.15, 0.2) is 5.96 Å². The van der Waals surface area contributed by atoms with E-state index < -0.39 is 0 Å². The van der Waals surface area contributed by atoms with Gasteiger partial charge in [0.05, 0.1) is 0 Å². The summed E-state index contributed by atoms with van der Waals surface area (Å²) < 4.78 is 2.20. The van der Waals surface area contributed by atoms with Crippen molar-refractivity contribution in [1.82, 2.24) is 20.2 Å². The second-order valence-electron chi connectivity index (χ2n) is 7.42. The molecule has 156 valence electrons. The van der Waals surface area contributed by atoms with E-state index in [2.05, 4.69) is 80.8 Å². The van der Waals surface area contributed by atoms with Crippen LogP contribution in [0.5, 0.6) is 0 Å². The van der Waals surface area contributed by atoms with E-state index >= 15 is 0 Å². The highest BCUT2D eigenvalue weighted by molar-refractivity contribution is 14.0. The van der Waals surface area contributed by atoms with Crippen molar-refractivity contribution in [2.45, 2.75) is 32.2 Å². The lowest BCUT2D eigenvalue weighted by Gasteiger charge is -2.25. The lowest BCUT2D eigenvalue weighted by molar-refractivity contribution is 0.518. The Morgan fingerprint density at radius 3 is 2.62 bits per heavy atom. The number of thiophene rings is 1. The summed E-state index contributed by atoms with van der Waals surface area (Å²) in [4.78, 5) is 10.2. The first kappa shape index (κ1) is 23.4. The first-order valence-corrected chi connectivity index (χ1v) is 10.5. The second-order valence-corrected chi connectivity index (χ2v) is 8.37. The van der Waals surface area contributed by atoms with Crippen LogP contribution in [0.15, 0.2) is 65.2 Å². The Morgan fingerprint density at radius 1 is 1.14 bits per heavy atom. The number of aliphatic imine (C=N–C) groups is 1. The van der Waals surface area contributed by atoms with Crippen molar-refractivity contribution in [3.8, 4) is 0 Å². The third kappa shape index (κ3) is 6.85. The Morgan fingerprint density at radius 2 is 1.93 bits per heavy atom. The minimum Gasteiger partial charge on any atom is -0.356 e. The summed E-state index contributed by atoms with van der Waals surface area (Å²) in [6, 6.07) is 14.8. The van der Waals surface area contributed by atoms with Gasteiger partial charge in [-0.1, -0.05) is 50.2 Å². The molecule has 0 saturated heterocycles. The molecule has 0 aliphatic heterocycles. The van der Waals surface area contributed by atoms with Gasteiger partial charge < -0.3 is 15.2 Å². The van der Waals surface area contributed by atoms with Gasteiger partial charge >= 0.3 is 0 Å². The topological polar surface area (TPSA) is 54.2 Å². The van der Waals surface area contributed by atoms with Gasteiger partial charge in [-0.25, -0.2) is 4.98 Å². The smallest absolute Gasteiger partial charge is 0.191 e. The van der Waals surface area contributed by atoms with Crippen LogP contribution >= 0.6 is 35.3 Å². The Hall–Kier alpha value is -1.87. The molecular formula is C22H30IN5S. The molecule has 0 spiro atoms. The number of nitrogens with one attached hydrogen (secondary N) is 2. The molecule has 0 saturated carbocycles. The van der Waals surface area contributed by atoms with Crippen molar-refractivity contribution < 1.29 is 0 Å². The van der Waals surface area contributed by atoms with Crippen LogP contribution in [-0.4, -0.2) is 35.6 Å². The van der Waals surface area contributed by atoms with Crippen LogP contribution in [-0.2, 0) is 18.4 Å². The SMILES string of the molecule is CN=C(NCCc1nccn1Cc1ccccc1)NCC(C)(C)c1cccs1.I. The highest BCUT2D eigenvalue weighted by Gasteiger charge is 2.21. The van der Waals surface area contributed by atoms with E-state index in [4.69, 9.17) is 0 Å². The molecule has 0 radical (unpaired) electrons. The molecule has 0 bridgehead atoms. The van der Waals surface area contributed by atoms with Gasteiger partial charge in [0.25, 0.3) is 0 Å². The number of nitrogens with zero attached hydrogens (tertiary/aromatic N) is 3. The molecule has 0 unspecified atom stereocenters. The molecule has 2 N–H and O–H groups in total. The van der Waals surface area contributed by atoms with Crippen molar-refractivity contribution in [2.24, 2.45) is 4.99 Å². The number of rotatable bonds is 8. The Balaban J connectivity index is 0.00000300. The summed E-state index contributed by atoms with van der Waals surface area (Å²) in [5.74, 6) is 1.90. The molecule has 0 aliphatic rings. The average molecular weight is 523 g/mol. The summed E-state index contributed by atoms with van der Waals surface area (Å²) >= 11 is 1.80. The number of hydrogen-bond acceptors (Lipinski definition) is 3. The van der Waals surface area contributed by atoms with Crippen LogP contribution in [0.3, 0.4) is 0 Å². The first-order valence-electron chi connectivity index (χ1n) is 9.61. The van der Waals surface area contributed by atoms with Crippen molar-refractivity contribution in [3.63, 3.8) is 0 Å².